The number of rotatable bonds is 6. The number of amides is 2. The van der Waals surface area contributed by atoms with E-state index in [4.69, 9.17) is 10.2 Å². The number of aliphatic hydroxyl groups excluding tert-OH is 1. The van der Waals surface area contributed by atoms with Gasteiger partial charge in [-0.1, -0.05) is 0 Å². The summed E-state index contributed by atoms with van der Waals surface area (Å²) in [5, 5.41) is 17.6. The lowest BCUT2D eigenvalue weighted by Crippen LogP contribution is -2.38. The standard InChI is InChI=1S/C14H26N2O4/c1-15(8-3-9-17)13(18)12-6-4-11(5-7-12)10-16(2)14(19)20/h11-12,17H,3-10H2,1-2H3,(H,19,20). The van der Waals surface area contributed by atoms with Crippen LogP contribution in [-0.2, 0) is 4.79 Å². The molecular weight excluding hydrogens is 260 g/mol. The highest BCUT2D eigenvalue weighted by molar-refractivity contribution is 5.78. The van der Waals surface area contributed by atoms with Gasteiger partial charge in [0.05, 0.1) is 0 Å². The average Bonchev–Trinajstić information content (AvgIpc) is 2.44. The molecular formula is C14H26N2O4. The van der Waals surface area contributed by atoms with Gasteiger partial charge in [0, 0.05) is 39.7 Å². The smallest absolute Gasteiger partial charge is 0.407 e. The summed E-state index contributed by atoms with van der Waals surface area (Å²) >= 11 is 0. The van der Waals surface area contributed by atoms with E-state index in [0.717, 1.165) is 25.7 Å². The predicted octanol–water partition coefficient (Wildman–Crippen LogP) is 1.24. The number of carbonyl (C=O) groups excluding carboxylic acids is 1. The Labute approximate surface area is 120 Å². The Kier molecular flexibility index (Phi) is 6.78. The number of hydrogen-bond donors (Lipinski definition) is 2. The minimum absolute atomic E-state index is 0.0603. The minimum atomic E-state index is -0.896. The van der Waals surface area contributed by atoms with Gasteiger partial charge in [0.15, 0.2) is 0 Å². The largest absolute Gasteiger partial charge is 0.465 e. The van der Waals surface area contributed by atoms with E-state index in [-0.39, 0.29) is 18.4 Å². The molecule has 0 aromatic heterocycles. The quantitative estimate of drug-likeness (QED) is 0.770. The fourth-order valence-electron chi connectivity index (χ4n) is 2.79. The van der Waals surface area contributed by atoms with Crippen molar-refractivity contribution in [1.82, 2.24) is 9.80 Å². The first-order valence-electron chi connectivity index (χ1n) is 7.25. The zero-order valence-corrected chi connectivity index (χ0v) is 12.4. The molecule has 1 saturated carbocycles. The van der Waals surface area contributed by atoms with E-state index < -0.39 is 6.09 Å². The summed E-state index contributed by atoms with van der Waals surface area (Å²) in [5.41, 5.74) is 0. The van der Waals surface area contributed by atoms with Crippen molar-refractivity contribution >= 4 is 12.0 Å². The third kappa shape index (κ3) is 5.00. The van der Waals surface area contributed by atoms with Crippen LogP contribution in [0.15, 0.2) is 0 Å². The molecule has 0 aromatic rings. The maximum Gasteiger partial charge on any atom is 0.407 e. The second kappa shape index (κ2) is 8.09. The molecule has 1 fully saturated rings. The topological polar surface area (TPSA) is 81.1 Å². The third-order valence-electron chi connectivity index (χ3n) is 4.08. The molecule has 0 bridgehead atoms. The van der Waals surface area contributed by atoms with Crippen LogP contribution in [0.2, 0.25) is 0 Å². The second-order valence-electron chi connectivity index (χ2n) is 5.72. The van der Waals surface area contributed by atoms with Crippen LogP contribution in [0.1, 0.15) is 32.1 Å². The molecule has 0 saturated heterocycles. The fraction of sp³-hybridized carbons (Fsp3) is 0.857. The Morgan fingerprint density at radius 2 is 1.70 bits per heavy atom. The van der Waals surface area contributed by atoms with Gasteiger partial charge in [-0.3, -0.25) is 4.79 Å². The van der Waals surface area contributed by atoms with Gasteiger partial charge >= 0.3 is 6.09 Å². The molecule has 0 atom stereocenters. The van der Waals surface area contributed by atoms with Crippen molar-refractivity contribution in [2.45, 2.75) is 32.1 Å². The number of carbonyl (C=O) groups is 2. The lowest BCUT2D eigenvalue weighted by Gasteiger charge is -2.31. The molecule has 6 nitrogen and oxygen atoms in total. The first-order chi connectivity index (χ1) is 9.45. The maximum absolute atomic E-state index is 12.2. The van der Waals surface area contributed by atoms with Crippen molar-refractivity contribution in [2.24, 2.45) is 11.8 Å². The zero-order chi connectivity index (χ0) is 15.1. The second-order valence-corrected chi connectivity index (χ2v) is 5.72. The molecule has 1 rings (SSSR count). The molecule has 0 spiro atoms. The van der Waals surface area contributed by atoms with E-state index >= 15 is 0 Å². The molecule has 1 aliphatic rings. The Morgan fingerprint density at radius 3 is 2.20 bits per heavy atom. The highest BCUT2D eigenvalue weighted by Crippen LogP contribution is 2.30. The van der Waals surface area contributed by atoms with Gasteiger partial charge in [0.1, 0.15) is 0 Å². The van der Waals surface area contributed by atoms with Gasteiger partial charge in [-0.05, 0) is 38.0 Å². The van der Waals surface area contributed by atoms with Crippen molar-refractivity contribution in [2.75, 3.05) is 33.8 Å². The highest BCUT2D eigenvalue weighted by Gasteiger charge is 2.29. The zero-order valence-electron chi connectivity index (χ0n) is 12.4. The first-order valence-corrected chi connectivity index (χ1v) is 7.25. The predicted molar refractivity (Wildman–Crippen MR) is 75.4 cm³/mol. The number of hydrogen-bond acceptors (Lipinski definition) is 3. The Balaban J connectivity index is 2.34. The van der Waals surface area contributed by atoms with Crippen LogP contribution in [0.4, 0.5) is 4.79 Å². The molecule has 0 heterocycles. The average molecular weight is 286 g/mol. The number of nitrogens with zero attached hydrogens (tertiary/aromatic N) is 2. The first kappa shape index (κ1) is 16.8. The highest BCUT2D eigenvalue weighted by atomic mass is 16.4. The van der Waals surface area contributed by atoms with Crippen LogP contribution < -0.4 is 0 Å². The molecule has 0 aliphatic heterocycles. The Morgan fingerprint density at radius 1 is 1.10 bits per heavy atom. The molecule has 0 unspecified atom stereocenters. The summed E-state index contributed by atoms with van der Waals surface area (Å²) in [7, 11) is 3.37. The fourth-order valence-corrected chi connectivity index (χ4v) is 2.79. The van der Waals surface area contributed by atoms with Crippen molar-refractivity contribution in [3.8, 4) is 0 Å². The molecule has 2 N–H and O–H groups in total. The SMILES string of the molecule is CN(CC1CCC(C(=O)N(C)CCCO)CC1)C(=O)O. The maximum atomic E-state index is 12.2. The molecule has 2 amide bonds. The summed E-state index contributed by atoms with van der Waals surface area (Å²) in [6, 6.07) is 0. The van der Waals surface area contributed by atoms with Crippen LogP contribution in [0.25, 0.3) is 0 Å². The minimum Gasteiger partial charge on any atom is -0.465 e. The van der Waals surface area contributed by atoms with E-state index in [1.54, 1.807) is 19.0 Å². The molecule has 6 heteroatoms. The van der Waals surface area contributed by atoms with E-state index in [1.165, 1.54) is 4.90 Å². The summed E-state index contributed by atoms with van der Waals surface area (Å²) in [6.07, 6.45) is 3.19. The number of aliphatic hydroxyl groups is 1. The molecule has 20 heavy (non-hydrogen) atoms. The number of carboxylic acid groups (broad SMARTS) is 1. The van der Waals surface area contributed by atoms with Gasteiger partial charge < -0.3 is 20.0 Å². The third-order valence-corrected chi connectivity index (χ3v) is 4.08. The van der Waals surface area contributed by atoms with E-state index in [9.17, 15) is 9.59 Å². The van der Waals surface area contributed by atoms with Crippen molar-refractivity contribution in [1.29, 1.82) is 0 Å². The molecule has 0 radical (unpaired) electrons. The van der Waals surface area contributed by atoms with E-state index in [0.29, 0.717) is 25.4 Å². The van der Waals surface area contributed by atoms with Crippen molar-refractivity contribution in [3.63, 3.8) is 0 Å². The van der Waals surface area contributed by atoms with Gasteiger partial charge in [0.2, 0.25) is 5.91 Å². The van der Waals surface area contributed by atoms with Crippen molar-refractivity contribution < 1.29 is 19.8 Å². The van der Waals surface area contributed by atoms with Crippen LogP contribution in [-0.4, -0.2) is 65.8 Å². The van der Waals surface area contributed by atoms with E-state index in [2.05, 4.69) is 0 Å². The van der Waals surface area contributed by atoms with Crippen LogP contribution in [0.3, 0.4) is 0 Å². The van der Waals surface area contributed by atoms with Crippen molar-refractivity contribution in [3.05, 3.63) is 0 Å². The summed E-state index contributed by atoms with van der Waals surface area (Å²) in [5.74, 6) is 0.580. The summed E-state index contributed by atoms with van der Waals surface area (Å²) < 4.78 is 0. The summed E-state index contributed by atoms with van der Waals surface area (Å²) in [4.78, 5) is 26.0. The van der Waals surface area contributed by atoms with Crippen LogP contribution >= 0.6 is 0 Å². The van der Waals surface area contributed by atoms with E-state index in [1.807, 2.05) is 0 Å². The van der Waals surface area contributed by atoms with Crippen LogP contribution in [0, 0.1) is 11.8 Å². The van der Waals surface area contributed by atoms with Gasteiger partial charge in [-0.15, -0.1) is 0 Å². The Bertz CT molecular complexity index is 327. The van der Waals surface area contributed by atoms with Gasteiger partial charge in [-0.25, -0.2) is 4.79 Å². The lowest BCUT2D eigenvalue weighted by molar-refractivity contribution is -0.135. The van der Waals surface area contributed by atoms with Gasteiger partial charge in [0.25, 0.3) is 0 Å². The normalized spacial score (nSPS) is 22.4. The van der Waals surface area contributed by atoms with Crippen LogP contribution in [0.5, 0.6) is 0 Å². The molecule has 1 aliphatic carbocycles. The van der Waals surface area contributed by atoms with Gasteiger partial charge in [-0.2, -0.15) is 0 Å². The summed E-state index contributed by atoms with van der Waals surface area (Å²) in [6.45, 7) is 1.25. The monoisotopic (exact) mass is 286 g/mol. The Hall–Kier alpha value is -1.30. The lowest BCUT2D eigenvalue weighted by atomic mass is 9.81. The molecule has 0 aromatic carbocycles. The molecule has 116 valence electrons.